The van der Waals surface area contributed by atoms with E-state index >= 15 is 0 Å². The van der Waals surface area contributed by atoms with E-state index in [2.05, 4.69) is 5.32 Å². The van der Waals surface area contributed by atoms with Crippen LogP contribution in [0.15, 0.2) is 48.5 Å². The number of aromatic hydroxyl groups is 1. The van der Waals surface area contributed by atoms with Gasteiger partial charge in [-0.2, -0.15) is 0 Å². The fourth-order valence-corrected chi connectivity index (χ4v) is 2.34. The van der Waals surface area contributed by atoms with Crippen LogP contribution in [0.1, 0.15) is 12.0 Å². The van der Waals surface area contributed by atoms with Crippen molar-refractivity contribution in [1.82, 2.24) is 10.2 Å². The average Bonchev–Trinajstić information content (AvgIpc) is 2.61. The Morgan fingerprint density at radius 1 is 1.16 bits per heavy atom. The molecule has 0 aliphatic carbocycles. The minimum Gasteiger partial charge on any atom is -0.508 e. The summed E-state index contributed by atoms with van der Waals surface area (Å²) in [4.78, 5) is 13.6. The third-order valence-electron chi connectivity index (χ3n) is 3.71. The van der Waals surface area contributed by atoms with Crippen molar-refractivity contribution < 1.29 is 14.6 Å². The second-order valence-corrected chi connectivity index (χ2v) is 6.16. The molecule has 25 heavy (non-hydrogen) atoms. The van der Waals surface area contributed by atoms with Crippen LogP contribution in [0.25, 0.3) is 0 Å². The molecule has 0 aromatic heterocycles. The summed E-state index contributed by atoms with van der Waals surface area (Å²) in [5, 5.41) is 12.8. The topological polar surface area (TPSA) is 61.8 Å². The van der Waals surface area contributed by atoms with E-state index < -0.39 is 0 Å². The van der Waals surface area contributed by atoms with Gasteiger partial charge < -0.3 is 20.1 Å². The predicted molar refractivity (Wildman–Crippen MR) is 99.4 cm³/mol. The van der Waals surface area contributed by atoms with E-state index in [-0.39, 0.29) is 11.8 Å². The molecule has 2 amide bonds. The van der Waals surface area contributed by atoms with Crippen molar-refractivity contribution in [1.29, 1.82) is 0 Å². The molecule has 0 heterocycles. The number of aryl methyl sites for hydroxylation is 1. The molecular formula is C19H23ClN2O3. The second-order valence-electron chi connectivity index (χ2n) is 5.73. The van der Waals surface area contributed by atoms with E-state index in [4.69, 9.17) is 16.3 Å². The summed E-state index contributed by atoms with van der Waals surface area (Å²) >= 11 is 5.82. The summed E-state index contributed by atoms with van der Waals surface area (Å²) in [5.74, 6) is 0.992. The van der Waals surface area contributed by atoms with E-state index in [1.165, 1.54) is 0 Å². The first-order valence-corrected chi connectivity index (χ1v) is 8.57. The van der Waals surface area contributed by atoms with Gasteiger partial charge in [0.05, 0.1) is 6.54 Å². The maximum atomic E-state index is 12.0. The van der Waals surface area contributed by atoms with E-state index in [0.29, 0.717) is 24.7 Å². The van der Waals surface area contributed by atoms with Gasteiger partial charge in [-0.3, -0.25) is 0 Å². The van der Waals surface area contributed by atoms with Crippen LogP contribution >= 0.6 is 11.6 Å². The molecule has 0 saturated carbocycles. The molecule has 0 aliphatic rings. The first-order chi connectivity index (χ1) is 12.0. The maximum absolute atomic E-state index is 12.0. The number of carbonyl (C=O) groups is 1. The zero-order chi connectivity index (χ0) is 18.1. The lowest BCUT2D eigenvalue weighted by Gasteiger charge is -2.18. The molecule has 0 saturated heterocycles. The first kappa shape index (κ1) is 18.9. The summed E-state index contributed by atoms with van der Waals surface area (Å²) in [6, 6.07) is 14.1. The van der Waals surface area contributed by atoms with Crippen molar-refractivity contribution in [3.05, 3.63) is 59.1 Å². The number of rotatable bonds is 8. The fourth-order valence-electron chi connectivity index (χ4n) is 2.22. The van der Waals surface area contributed by atoms with Gasteiger partial charge in [0.25, 0.3) is 0 Å². The lowest BCUT2D eigenvalue weighted by atomic mass is 10.1. The lowest BCUT2D eigenvalue weighted by molar-refractivity contribution is 0.195. The number of hydrogen-bond acceptors (Lipinski definition) is 3. The highest BCUT2D eigenvalue weighted by Gasteiger charge is 2.07. The standard InChI is InChI=1S/C19H23ClN2O3/c1-22(13-14-25-18-10-6-16(20)7-11-18)19(24)21-12-2-3-15-4-8-17(23)9-5-15/h4-11,23H,2-3,12-14H2,1H3,(H,21,24). The number of urea groups is 1. The van der Waals surface area contributed by atoms with Crippen molar-refractivity contribution in [2.45, 2.75) is 12.8 Å². The van der Waals surface area contributed by atoms with Gasteiger partial charge in [0.15, 0.2) is 0 Å². The molecule has 2 N–H and O–H groups in total. The highest BCUT2D eigenvalue weighted by molar-refractivity contribution is 6.30. The number of halogens is 1. The van der Waals surface area contributed by atoms with Crippen molar-refractivity contribution in [2.75, 3.05) is 26.7 Å². The molecule has 0 fully saturated rings. The van der Waals surface area contributed by atoms with Crippen LogP contribution in [0.4, 0.5) is 4.79 Å². The van der Waals surface area contributed by atoms with Gasteiger partial charge in [0.2, 0.25) is 0 Å². The highest BCUT2D eigenvalue weighted by Crippen LogP contribution is 2.15. The molecule has 0 spiro atoms. The van der Waals surface area contributed by atoms with Crippen LogP contribution in [0, 0.1) is 0 Å². The summed E-state index contributed by atoms with van der Waals surface area (Å²) in [7, 11) is 1.74. The predicted octanol–water partition coefficient (Wildman–Crippen LogP) is 3.70. The van der Waals surface area contributed by atoms with Crippen LogP contribution in [0.2, 0.25) is 5.02 Å². The molecule has 0 unspecified atom stereocenters. The van der Waals surface area contributed by atoms with Crippen LogP contribution in [-0.2, 0) is 6.42 Å². The molecule has 2 aromatic carbocycles. The number of carbonyl (C=O) groups excluding carboxylic acids is 1. The molecule has 6 heteroatoms. The first-order valence-electron chi connectivity index (χ1n) is 8.20. The van der Waals surface area contributed by atoms with Crippen LogP contribution in [0.5, 0.6) is 11.5 Å². The number of hydrogen-bond donors (Lipinski definition) is 2. The number of ether oxygens (including phenoxy) is 1. The Labute approximate surface area is 153 Å². The Hall–Kier alpha value is -2.40. The number of amides is 2. The minimum atomic E-state index is -0.120. The smallest absolute Gasteiger partial charge is 0.317 e. The quantitative estimate of drug-likeness (QED) is 0.704. The fraction of sp³-hybridized carbons (Fsp3) is 0.316. The van der Waals surface area contributed by atoms with Gasteiger partial charge in [-0.15, -0.1) is 0 Å². The van der Waals surface area contributed by atoms with Gasteiger partial charge >= 0.3 is 6.03 Å². The minimum absolute atomic E-state index is 0.120. The molecular weight excluding hydrogens is 340 g/mol. The monoisotopic (exact) mass is 362 g/mol. The Bertz CT molecular complexity index is 659. The number of nitrogens with one attached hydrogen (secondary N) is 1. The van der Waals surface area contributed by atoms with E-state index in [0.717, 1.165) is 24.2 Å². The zero-order valence-corrected chi connectivity index (χ0v) is 15.0. The Balaban J connectivity index is 1.59. The van der Waals surface area contributed by atoms with Crippen LogP contribution in [0.3, 0.4) is 0 Å². The third kappa shape index (κ3) is 6.93. The largest absolute Gasteiger partial charge is 0.508 e. The molecule has 0 radical (unpaired) electrons. The number of phenols is 1. The van der Waals surface area contributed by atoms with Crippen molar-refractivity contribution >= 4 is 17.6 Å². The summed E-state index contributed by atoms with van der Waals surface area (Å²) in [6.07, 6.45) is 1.69. The summed E-state index contributed by atoms with van der Waals surface area (Å²) in [6.45, 7) is 1.51. The number of benzene rings is 2. The number of likely N-dealkylation sites (N-methyl/N-ethyl adjacent to an activating group) is 1. The Morgan fingerprint density at radius 2 is 1.84 bits per heavy atom. The molecule has 0 bridgehead atoms. The van der Waals surface area contributed by atoms with Gasteiger partial charge in [-0.05, 0) is 54.8 Å². The van der Waals surface area contributed by atoms with Crippen molar-refractivity contribution in [3.63, 3.8) is 0 Å². The normalized spacial score (nSPS) is 10.3. The van der Waals surface area contributed by atoms with Crippen LogP contribution < -0.4 is 10.1 Å². The lowest BCUT2D eigenvalue weighted by Crippen LogP contribution is -2.39. The van der Waals surface area contributed by atoms with Gasteiger partial charge in [0.1, 0.15) is 18.1 Å². The van der Waals surface area contributed by atoms with Gasteiger partial charge in [0, 0.05) is 18.6 Å². The van der Waals surface area contributed by atoms with Crippen molar-refractivity contribution in [3.8, 4) is 11.5 Å². The number of phenolic OH excluding ortho intramolecular Hbond substituents is 1. The van der Waals surface area contributed by atoms with Gasteiger partial charge in [-0.25, -0.2) is 4.79 Å². The molecule has 2 rings (SSSR count). The average molecular weight is 363 g/mol. The Kier molecular flexibility index (Phi) is 7.41. The molecule has 0 atom stereocenters. The summed E-state index contributed by atoms with van der Waals surface area (Å²) in [5.41, 5.74) is 1.14. The third-order valence-corrected chi connectivity index (χ3v) is 3.96. The summed E-state index contributed by atoms with van der Waals surface area (Å²) < 4.78 is 5.57. The highest BCUT2D eigenvalue weighted by atomic mass is 35.5. The van der Waals surface area contributed by atoms with Gasteiger partial charge in [-0.1, -0.05) is 23.7 Å². The SMILES string of the molecule is CN(CCOc1ccc(Cl)cc1)C(=O)NCCCc1ccc(O)cc1. The molecule has 0 aliphatic heterocycles. The second kappa shape index (κ2) is 9.79. The number of nitrogens with zero attached hydrogens (tertiary/aromatic N) is 1. The van der Waals surface area contributed by atoms with Crippen molar-refractivity contribution in [2.24, 2.45) is 0 Å². The molecule has 2 aromatic rings. The van der Waals surface area contributed by atoms with E-state index in [1.54, 1.807) is 48.3 Å². The van der Waals surface area contributed by atoms with E-state index in [1.807, 2.05) is 12.1 Å². The Morgan fingerprint density at radius 3 is 2.52 bits per heavy atom. The van der Waals surface area contributed by atoms with Crippen LogP contribution in [-0.4, -0.2) is 42.8 Å². The molecule has 5 nitrogen and oxygen atoms in total. The molecule has 134 valence electrons. The zero-order valence-electron chi connectivity index (χ0n) is 14.2. The maximum Gasteiger partial charge on any atom is 0.317 e. The van der Waals surface area contributed by atoms with E-state index in [9.17, 15) is 9.90 Å².